The van der Waals surface area contributed by atoms with E-state index in [4.69, 9.17) is 14.2 Å². The van der Waals surface area contributed by atoms with Crippen LogP contribution in [0.25, 0.3) is 10.9 Å². The molecule has 10 heteroatoms. The van der Waals surface area contributed by atoms with Crippen molar-refractivity contribution in [2.24, 2.45) is 5.41 Å². The molecule has 0 bridgehead atoms. The van der Waals surface area contributed by atoms with Crippen molar-refractivity contribution < 1.29 is 32.2 Å². The SMILES string of the molecule is COc1cc2nccc(Oc3ccc(NC(=O)NCCC(C)(C)C)c(C(F)(F)F)c3)c2cc1OC. The van der Waals surface area contributed by atoms with Gasteiger partial charge in [0.2, 0.25) is 0 Å². The van der Waals surface area contributed by atoms with Crippen LogP contribution in [0.15, 0.2) is 42.6 Å². The predicted octanol–water partition coefficient (Wildman–Crippen LogP) is 6.62. The molecular formula is C25H28F3N3O4. The molecule has 35 heavy (non-hydrogen) atoms. The summed E-state index contributed by atoms with van der Waals surface area (Å²) in [7, 11) is 2.96. The lowest BCUT2D eigenvalue weighted by Gasteiger charge is -2.19. The highest BCUT2D eigenvalue weighted by atomic mass is 19.4. The summed E-state index contributed by atoms with van der Waals surface area (Å²) in [6, 6.07) is 7.47. The minimum Gasteiger partial charge on any atom is -0.493 e. The summed E-state index contributed by atoms with van der Waals surface area (Å²) < 4.78 is 57.8. The largest absolute Gasteiger partial charge is 0.493 e. The Morgan fingerprint density at radius 3 is 2.29 bits per heavy atom. The minimum absolute atomic E-state index is 0.0182. The molecule has 0 saturated carbocycles. The lowest BCUT2D eigenvalue weighted by atomic mass is 9.92. The molecule has 0 spiro atoms. The van der Waals surface area contributed by atoms with Gasteiger partial charge in [-0.1, -0.05) is 20.8 Å². The third-order valence-corrected chi connectivity index (χ3v) is 5.14. The number of anilines is 1. The second kappa shape index (κ2) is 10.3. The first-order chi connectivity index (χ1) is 16.4. The number of hydrogen-bond acceptors (Lipinski definition) is 5. The molecule has 7 nitrogen and oxygen atoms in total. The van der Waals surface area contributed by atoms with Gasteiger partial charge in [0.15, 0.2) is 11.5 Å². The second-order valence-corrected chi connectivity index (χ2v) is 9.03. The number of fused-ring (bicyclic) bond motifs is 1. The molecule has 0 aliphatic carbocycles. The summed E-state index contributed by atoms with van der Waals surface area (Å²) in [6.45, 7) is 6.35. The van der Waals surface area contributed by atoms with Gasteiger partial charge in [-0.25, -0.2) is 4.79 Å². The number of carbonyl (C=O) groups is 1. The number of nitrogens with one attached hydrogen (secondary N) is 2. The highest BCUT2D eigenvalue weighted by Gasteiger charge is 2.34. The minimum atomic E-state index is -4.72. The maximum absolute atomic E-state index is 13.8. The summed E-state index contributed by atoms with van der Waals surface area (Å²) in [5, 5.41) is 5.40. The van der Waals surface area contributed by atoms with Gasteiger partial charge in [0, 0.05) is 24.2 Å². The predicted molar refractivity (Wildman–Crippen MR) is 127 cm³/mol. The van der Waals surface area contributed by atoms with Crippen LogP contribution < -0.4 is 24.8 Å². The average Bonchev–Trinajstić information content (AvgIpc) is 2.77. The van der Waals surface area contributed by atoms with E-state index < -0.39 is 17.8 Å². The lowest BCUT2D eigenvalue weighted by Crippen LogP contribution is -2.32. The van der Waals surface area contributed by atoms with Crippen molar-refractivity contribution in [3.8, 4) is 23.0 Å². The number of methoxy groups -OCH3 is 2. The topological polar surface area (TPSA) is 81.7 Å². The monoisotopic (exact) mass is 491 g/mol. The van der Waals surface area contributed by atoms with E-state index in [1.54, 1.807) is 12.1 Å². The zero-order valence-corrected chi connectivity index (χ0v) is 20.2. The van der Waals surface area contributed by atoms with Crippen LogP contribution in [0.1, 0.15) is 32.8 Å². The van der Waals surface area contributed by atoms with E-state index in [1.807, 2.05) is 20.8 Å². The fraction of sp³-hybridized carbons (Fsp3) is 0.360. The molecule has 0 atom stereocenters. The number of rotatable bonds is 7. The zero-order valence-electron chi connectivity index (χ0n) is 20.2. The van der Waals surface area contributed by atoms with Gasteiger partial charge in [-0.2, -0.15) is 13.2 Å². The van der Waals surface area contributed by atoms with Crippen molar-refractivity contribution in [3.05, 3.63) is 48.2 Å². The summed E-state index contributed by atoms with van der Waals surface area (Å²) in [5.74, 6) is 1.11. The average molecular weight is 492 g/mol. The van der Waals surface area contributed by atoms with Crippen LogP contribution in [0.3, 0.4) is 0 Å². The van der Waals surface area contributed by atoms with Gasteiger partial charge in [-0.3, -0.25) is 4.98 Å². The van der Waals surface area contributed by atoms with Crippen LogP contribution in [0.5, 0.6) is 23.0 Å². The van der Waals surface area contributed by atoms with E-state index >= 15 is 0 Å². The van der Waals surface area contributed by atoms with Crippen molar-refractivity contribution in [1.29, 1.82) is 0 Å². The molecule has 0 aliphatic rings. The molecule has 0 saturated heterocycles. The van der Waals surface area contributed by atoms with Gasteiger partial charge in [0.1, 0.15) is 11.5 Å². The van der Waals surface area contributed by atoms with Gasteiger partial charge in [-0.05, 0) is 42.2 Å². The molecule has 3 aromatic rings. The van der Waals surface area contributed by atoms with Crippen LogP contribution in [-0.2, 0) is 6.18 Å². The fourth-order valence-electron chi connectivity index (χ4n) is 3.31. The molecule has 0 unspecified atom stereocenters. The summed E-state index contributed by atoms with van der Waals surface area (Å²) in [6.07, 6.45) is -2.56. The number of alkyl halides is 3. The van der Waals surface area contributed by atoms with E-state index in [-0.39, 0.29) is 22.6 Å². The first kappa shape index (κ1) is 25.9. The maximum Gasteiger partial charge on any atom is 0.418 e. The van der Waals surface area contributed by atoms with Crippen molar-refractivity contribution in [2.45, 2.75) is 33.4 Å². The molecule has 1 heterocycles. The molecule has 0 fully saturated rings. The van der Waals surface area contributed by atoms with Crippen molar-refractivity contribution in [3.63, 3.8) is 0 Å². The van der Waals surface area contributed by atoms with Crippen LogP contribution in [0, 0.1) is 5.41 Å². The number of urea groups is 1. The smallest absolute Gasteiger partial charge is 0.418 e. The van der Waals surface area contributed by atoms with Gasteiger partial charge < -0.3 is 24.8 Å². The Balaban J connectivity index is 1.88. The van der Waals surface area contributed by atoms with E-state index in [2.05, 4.69) is 15.6 Å². The second-order valence-electron chi connectivity index (χ2n) is 9.03. The van der Waals surface area contributed by atoms with E-state index in [9.17, 15) is 18.0 Å². The zero-order chi connectivity index (χ0) is 25.8. The molecule has 188 valence electrons. The number of aromatic nitrogens is 1. The van der Waals surface area contributed by atoms with Crippen LogP contribution in [0.2, 0.25) is 0 Å². The number of benzene rings is 2. The number of halogens is 3. The van der Waals surface area contributed by atoms with Crippen LogP contribution in [0.4, 0.5) is 23.7 Å². The number of amides is 2. The molecule has 2 amide bonds. The van der Waals surface area contributed by atoms with E-state index in [1.165, 1.54) is 32.5 Å². The number of hydrogen-bond donors (Lipinski definition) is 2. The van der Waals surface area contributed by atoms with Gasteiger partial charge in [0.05, 0.1) is 31.0 Å². The van der Waals surface area contributed by atoms with Gasteiger partial charge in [0.25, 0.3) is 0 Å². The van der Waals surface area contributed by atoms with Crippen molar-refractivity contribution in [2.75, 3.05) is 26.1 Å². The first-order valence-electron chi connectivity index (χ1n) is 10.9. The molecule has 3 rings (SSSR count). The Kier molecular flexibility index (Phi) is 7.62. The Morgan fingerprint density at radius 2 is 1.66 bits per heavy atom. The standard InChI is InChI=1S/C25H28F3N3O4/c1-24(2,3)9-11-30-23(32)31-18-7-6-15(12-17(18)25(26,27)28)35-20-8-10-29-19-14-22(34-5)21(33-4)13-16(19)20/h6-8,10,12-14H,9,11H2,1-5H3,(H2,30,31,32). The molecule has 0 aliphatic heterocycles. The summed E-state index contributed by atoms with van der Waals surface area (Å²) >= 11 is 0. The highest BCUT2D eigenvalue weighted by Crippen LogP contribution is 2.40. The molecule has 1 aromatic heterocycles. The van der Waals surface area contributed by atoms with Crippen molar-refractivity contribution >= 4 is 22.6 Å². The Labute approximate surface area is 201 Å². The van der Waals surface area contributed by atoms with Crippen molar-refractivity contribution in [1.82, 2.24) is 10.3 Å². The Hall–Kier alpha value is -3.69. The summed E-state index contributed by atoms with van der Waals surface area (Å²) in [5.41, 5.74) is -0.903. The lowest BCUT2D eigenvalue weighted by molar-refractivity contribution is -0.137. The van der Waals surface area contributed by atoms with E-state index in [0.29, 0.717) is 35.4 Å². The van der Waals surface area contributed by atoms with Crippen LogP contribution >= 0.6 is 0 Å². The Morgan fingerprint density at radius 1 is 0.971 bits per heavy atom. The third-order valence-electron chi connectivity index (χ3n) is 5.14. The molecule has 0 radical (unpaired) electrons. The maximum atomic E-state index is 13.8. The third kappa shape index (κ3) is 6.68. The number of carbonyl (C=O) groups excluding carboxylic acids is 1. The van der Waals surface area contributed by atoms with Gasteiger partial charge in [-0.15, -0.1) is 0 Å². The fourth-order valence-corrected chi connectivity index (χ4v) is 3.31. The normalized spacial score (nSPS) is 11.8. The molecule has 2 aromatic carbocycles. The van der Waals surface area contributed by atoms with E-state index in [0.717, 1.165) is 12.1 Å². The molecular weight excluding hydrogens is 463 g/mol. The Bertz CT molecular complexity index is 1210. The molecule has 2 N–H and O–H groups in total. The first-order valence-corrected chi connectivity index (χ1v) is 10.9. The number of nitrogens with zero attached hydrogens (tertiary/aromatic N) is 1. The summed E-state index contributed by atoms with van der Waals surface area (Å²) in [4.78, 5) is 16.4. The highest BCUT2D eigenvalue weighted by molar-refractivity contribution is 5.90. The number of ether oxygens (including phenoxy) is 3. The van der Waals surface area contributed by atoms with Gasteiger partial charge >= 0.3 is 12.2 Å². The number of pyridine rings is 1. The van der Waals surface area contributed by atoms with Crippen LogP contribution in [-0.4, -0.2) is 31.8 Å². The quantitative estimate of drug-likeness (QED) is 0.388.